The van der Waals surface area contributed by atoms with Crippen molar-refractivity contribution in [1.29, 1.82) is 0 Å². The predicted octanol–water partition coefficient (Wildman–Crippen LogP) is 23.7. The molecule has 0 amide bonds. The standard InChI is InChI=1S/C46H28N4S.C45H26N4O2/c1-3-12-28(13-4-1)44-47-45(29-14-5-2-6-15-29)49-46(48-44)32-17-11-18-33(27-32)50-38-21-10-9-20-37(38)41-39(50)25-24-36-35-23-22-31-26-30-16-7-8-19-34(30)40(31)42(35)51-43(36)41;1-3-12-27(13-4-1)43-46-44(28-14-5-2-6-15-28)48-45(47-43)29-16-11-17-30(26-29)49-35-20-9-7-18-33(35)39-36(49)24-22-31-32-23-25-38-40(42(32)51-41(31)39)34-19-8-10-21-37(34)50-38/h1-25,27H,26H2;1-26H. The molecule has 0 radical (unpaired) electrons. The van der Waals surface area contributed by atoms with E-state index in [1.165, 1.54) is 64.2 Å². The van der Waals surface area contributed by atoms with Crippen LogP contribution >= 0.6 is 11.3 Å². The zero-order valence-electron chi connectivity index (χ0n) is 54.5. The molecule has 0 saturated heterocycles. The third-order valence-corrected chi connectivity index (χ3v) is 21.4. The average Bonchev–Trinajstić information content (AvgIpc) is 1.55. The highest BCUT2D eigenvalue weighted by Crippen LogP contribution is 2.51. The summed E-state index contributed by atoms with van der Waals surface area (Å²) in [5.74, 6) is 3.83. The van der Waals surface area contributed by atoms with Crippen LogP contribution < -0.4 is 0 Å². The van der Waals surface area contributed by atoms with Crippen molar-refractivity contribution >= 4 is 119 Å². The van der Waals surface area contributed by atoms with Crippen LogP contribution in [0, 0.1) is 0 Å². The van der Waals surface area contributed by atoms with Crippen molar-refractivity contribution < 1.29 is 8.83 Å². The summed E-state index contributed by atoms with van der Waals surface area (Å²) in [5, 5.41) is 11.6. The Bertz CT molecular complexity index is 6860. The Hall–Kier alpha value is -13.5. The van der Waals surface area contributed by atoms with Crippen LogP contribution in [-0.2, 0) is 6.42 Å². The fourth-order valence-electron chi connectivity index (χ4n) is 15.5. The lowest BCUT2D eigenvalue weighted by atomic mass is 10.0. The molecule has 0 fully saturated rings. The van der Waals surface area contributed by atoms with Crippen LogP contribution in [0.2, 0.25) is 0 Å². The molecule has 0 spiro atoms. The molecule has 0 unspecified atom stereocenters. The summed E-state index contributed by atoms with van der Waals surface area (Å²) in [7, 11) is 0. The fourth-order valence-corrected chi connectivity index (χ4v) is 16.9. The van der Waals surface area contributed by atoms with Crippen LogP contribution in [-0.4, -0.2) is 39.0 Å². The molecule has 21 aromatic rings. The SMILES string of the molecule is c1ccc(-c2nc(-c3ccccc3)nc(-c3cccc(-n4c5ccccc5c5c6oc7c(ccc8oc9ccccc9c87)c6ccc54)c3)n2)cc1.c1ccc(-c2nc(-c3ccccc3)nc(-c3cccc(-n4c5ccccc5c5c6sc7c8c(ccc7c6ccc54)Cc4ccccc4-8)c3)n2)cc1. The zero-order chi connectivity index (χ0) is 66.9. The normalized spacial score (nSPS) is 12.1. The third kappa shape index (κ3) is 9.18. The second-order valence-corrected chi connectivity index (χ2v) is 27.0. The van der Waals surface area contributed by atoms with Crippen molar-refractivity contribution in [3.05, 3.63) is 327 Å². The molecule has 0 bridgehead atoms. The molecule has 7 heterocycles. The fraction of sp³-hybridized carbons (Fsp3) is 0.0110. The Labute approximate surface area is 587 Å². The maximum Gasteiger partial charge on any atom is 0.164 e. The maximum absolute atomic E-state index is 6.91. The van der Waals surface area contributed by atoms with Crippen LogP contribution in [0.3, 0.4) is 0 Å². The number of thiophene rings is 1. The minimum absolute atomic E-state index is 0.612. The molecular weight excluding hydrogens is 1270 g/mol. The molecule has 7 aromatic heterocycles. The molecule has 0 saturated carbocycles. The van der Waals surface area contributed by atoms with Gasteiger partial charge in [-0.05, 0) is 95.9 Å². The summed E-state index contributed by atoms with van der Waals surface area (Å²) in [5.41, 5.74) is 21.2. The molecule has 102 heavy (non-hydrogen) atoms. The van der Waals surface area contributed by atoms with Crippen molar-refractivity contribution in [2.45, 2.75) is 6.42 Å². The van der Waals surface area contributed by atoms with E-state index in [4.69, 9.17) is 38.7 Å². The number of para-hydroxylation sites is 3. The minimum Gasteiger partial charge on any atom is -0.456 e. The number of aromatic nitrogens is 8. The first-order chi connectivity index (χ1) is 50.6. The molecule has 11 heteroatoms. The molecule has 0 atom stereocenters. The molecule has 1 aliphatic rings. The predicted molar refractivity (Wildman–Crippen MR) is 417 cm³/mol. The van der Waals surface area contributed by atoms with Gasteiger partial charge in [0, 0.05) is 103 Å². The van der Waals surface area contributed by atoms with E-state index in [0.717, 1.165) is 117 Å². The summed E-state index contributed by atoms with van der Waals surface area (Å²) in [6.07, 6.45) is 1.00. The monoisotopic (exact) mass is 1320 g/mol. The van der Waals surface area contributed by atoms with Crippen LogP contribution in [0.5, 0.6) is 0 Å². The second-order valence-electron chi connectivity index (χ2n) is 26.0. The van der Waals surface area contributed by atoms with E-state index < -0.39 is 0 Å². The molecule has 22 rings (SSSR count). The molecule has 0 N–H and O–H groups in total. The number of furan rings is 2. The van der Waals surface area contributed by atoms with Gasteiger partial charge in [0.15, 0.2) is 34.9 Å². The first-order valence-corrected chi connectivity index (χ1v) is 35.0. The topological polar surface area (TPSA) is 113 Å². The Morgan fingerprint density at radius 3 is 1.25 bits per heavy atom. The largest absolute Gasteiger partial charge is 0.456 e. The summed E-state index contributed by atoms with van der Waals surface area (Å²) in [4.78, 5) is 29.8. The van der Waals surface area contributed by atoms with Crippen molar-refractivity contribution in [2.75, 3.05) is 0 Å². The van der Waals surface area contributed by atoms with Crippen molar-refractivity contribution in [1.82, 2.24) is 39.0 Å². The van der Waals surface area contributed by atoms with Gasteiger partial charge in [-0.3, -0.25) is 0 Å². The molecule has 476 valence electrons. The second kappa shape index (κ2) is 23.1. The first kappa shape index (κ1) is 57.6. The van der Waals surface area contributed by atoms with Gasteiger partial charge < -0.3 is 18.0 Å². The highest BCUT2D eigenvalue weighted by Gasteiger charge is 2.27. The highest BCUT2D eigenvalue weighted by molar-refractivity contribution is 7.27. The van der Waals surface area contributed by atoms with Gasteiger partial charge in [-0.25, -0.2) is 29.9 Å². The number of hydrogen-bond donors (Lipinski definition) is 0. The van der Waals surface area contributed by atoms with E-state index in [0.29, 0.717) is 34.9 Å². The van der Waals surface area contributed by atoms with Crippen LogP contribution in [0.15, 0.2) is 324 Å². The van der Waals surface area contributed by atoms with Gasteiger partial charge in [-0.1, -0.05) is 243 Å². The molecular formula is C91H54N8O2S. The van der Waals surface area contributed by atoms with Gasteiger partial charge in [-0.2, -0.15) is 0 Å². The number of benzene rings is 14. The van der Waals surface area contributed by atoms with E-state index >= 15 is 0 Å². The van der Waals surface area contributed by atoms with Crippen molar-refractivity contribution in [2.24, 2.45) is 0 Å². The third-order valence-electron chi connectivity index (χ3n) is 20.1. The Morgan fingerprint density at radius 2 is 0.686 bits per heavy atom. The van der Waals surface area contributed by atoms with Gasteiger partial charge in [0.05, 0.1) is 32.8 Å². The van der Waals surface area contributed by atoms with Gasteiger partial charge in [0.1, 0.15) is 22.3 Å². The lowest BCUT2D eigenvalue weighted by Crippen LogP contribution is -2.01. The van der Waals surface area contributed by atoms with Crippen LogP contribution in [0.1, 0.15) is 11.1 Å². The van der Waals surface area contributed by atoms with E-state index in [-0.39, 0.29) is 0 Å². The lowest BCUT2D eigenvalue weighted by molar-refractivity contribution is 0.664. The summed E-state index contributed by atoms with van der Waals surface area (Å²) in [6.45, 7) is 0. The van der Waals surface area contributed by atoms with E-state index in [2.05, 4.69) is 185 Å². The first-order valence-electron chi connectivity index (χ1n) is 34.2. The summed E-state index contributed by atoms with van der Waals surface area (Å²) < 4.78 is 20.5. The van der Waals surface area contributed by atoms with Crippen molar-refractivity contribution in [3.63, 3.8) is 0 Å². The smallest absolute Gasteiger partial charge is 0.164 e. The Kier molecular flexibility index (Phi) is 13.0. The quantitative estimate of drug-likeness (QED) is 0.148. The Morgan fingerprint density at radius 1 is 0.265 bits per heavy atom. The molecule has 10 nitrogen and oxygen atoms in total. The number of nitrogens with zero attached hydrogens (tertiary/aromatic N) is 8. The van der Waals surface area contributed by atoms with Gasteiger partial charge >= 0.3 is 0 Å². The summed E-state index contributed by atoms with van der Waals surface area (Å²) in [6, 6.07) is 110. The molecule has 0 aliphatic heterocycles. The zero-order valence-corrected chi connectivity index (χ0v) is 55.3. The van der Waals surface area contributed by atoms with Crippen LogP contribution in [0.25, 0.3) is 198 Å². The number of rotatable bonds is 8. The van der Waals surface area contributed by atoms with E-state index in [9.17, 15) is 0 Å². The molecule has 14 aromatic carbocycles. The summed E-state index contributed by atoms with van der Waals surface area (Å²) >= 11 is 1.94. The average molecular weight is 1320 g/mol. The number of fused-ring (bicyclic) bond motifs is 22. The van der Waals surface area contributed by atoms with Gasteiger partial charge in [-0.15, -0.1) is 11.3 Å². The van der Waals surface area contributed by atoms with E-state index in [1.54, 1.807) is 0 Å². The minimum atomic E-state index is 0.612. The number of hydrogen-bond acceptors (Lipinski definition) is 9. The van der Waals surface area contributed by atoms with Gasteiger partial charge in [0.25, 0.3) is 0 Å². The Balaban J connectivity index is 0.000000133. The molecule has 1 aliphatic carbocycles. The lowest BCUT2D eigenvalue weighted by Gasteiger charge is -2.11. The van der Waals surface area contributed by atoms with Gasteiger partial charge in [0.2, 0.25) is 0 Å². The maximum atomic E-state index is 6.91. The van der Waals surface area contributed by atoms with Crippen molar-refractivity contribution in [3.8, 4) is 90.8 Å². The van der Waals surface area contributed by atoms with E-state index in [1.807, 2.05) is 151 Å². The van der Waals surface area contributed by atoms with Crippen LogP contribution in [0.4, 0.5) is 0 Å². The highest BCUT2D eigenvalue weighted by atomic mass is 32.1.